The number of likely N-dealkylation sites (tertiary alicyclic amines) is 1. The van der Waals surface area contributed by atoms with Crippen LogP contribution in [-0.4, -0.2) is 48.0 Å². The second-order valence-corrected chi connectivity index (χ2v) is 8.01. The summed E-state index contributed by atoms with van der Waals surface area (Å²) in [6.07, 6.45) is 3.82. The summed E-state index contributed by atoms with van der Waals surface area (Å²) in [5.41, 5.74) is 10.5. The molecular formula is C21H31FN4O3. The SMILES string of the molecule is Cc1cc(OCCCC2CCN(C(N)=NC(=O)C(C)(C)F)CC2)ccc1C(N)=O. The number of halogens is 1. The first-order chi connectivity index (χ1) is 13.6. The molecule has 0 aromatic heterocycles. The summed E-state index contributed by atoms with van der Waals surface area (Å²) < 4.78 is 19.4. The van der Waals surface area contributed by atoms with Crippen molar-refractivity contribution in [3.63, 3.8) is 0 Å². The number of rotatable bonds is 7. The molecule has 1 aliphatic rings. The number of ether oxygens (including phenoxy) is 1. The summed E-state index contributed by atoms with van der Waals surface area (Å²) in [6, 6.07) is 5.26. The van der Waals surface area contributed by atoms with E-state index in [0.717, 1.165) is 37.0 Å². The Hall–Kier alpha value is -2.64. The van der Waals surface area contributed by atoms with Crippen LogP contribution in [0.4, 0.5) is 4.39 Å². The molecule has 2 rings (SSSR count). The van der Waals surface area contributed by atoms with Gasteiger partial charge in [0.2, 0.25) is 5.91 Å². The molecule has 8 heteroatoms. The maximum absolute atomic E-state index is 13.6. The first-order valence-corrected chi connectivity index (χ1v) is 9.93. The summed E-state index contributed by atoms with van der Waals surface area (Å²) in [6.45, 7) is 6.18. The molecule has 0 atom stereocenters. The topological polar surface area (TPSA) is 111 Å². The monoisotopic (exact) mass is 406 g/mol. The molecular weight excluding hydrogens is 375 g/mol. The Kier molecular flexibility index (Phi) is 7.59. The van der Waals surface area contributed by atoms with Crippen LogP contribution < -0.4 is 16.2 Å². The number of benzene rings is 1. The molecule has 0 bridgehead atoms. The maximum atomic E-state index is 13.6. The van der Waals surface area contributed by atoms with Crippen molar-refractivity contribution >= 4 is 17.8 Å². The smallest absolute Gasteiger partial charge is 0.285 e. The first-order valence-electron chi connectivity index (χ1n) is 9.93. The highest BCUT2D eigenvalue weighted by molar-refractivity contribution is 5.96. The second-order valence-electron chi connectivity index (χ2n) is 8.01. The average molecular weight is 407 g/mol. The highest BCUT2D eigenvalue weighted by Gasteiger charge is 2.28. The van der Waals surface area contributed by atoms with Gasteiger partial charge in [-0.05, 0) is 76.1 Å². The van der Waals surface area contributed by atoms with Crippen molar-refractivity contribution in [3.8, 4) is 5.75 Å². The minimum absolute atomic E-state index is 0.0947. The van der Waals surface area contributed by atoms with Gasteiger partial charge in [0.25, 0.3) is 5.91 Å². The molecule has 160 valence electrons. The fraction of sp³-hybridized carbons (Fsp3) is 0.571. The van der Waals surface area contributed by atoms with Crippen LogP contribution in [0.5, 0.6) is 5.75 Å². The predicted molar refractivity (Wildman–Crippen MR) is 111 cm³/mol. The summed E-state index contributed by atoms with van der Waals surface area (Å²) >= 11 is 0. The van der Waals surface area contributed by atoms with Gasteiger partial charge in [0, 0.05) is 18.7 Å². The number of nitrogens with zero attached hydrogens (tertiary/aromatic N) is 2. The molecule has 4 N–H and O–H groups in total. The number of hydrogen-bond donors (Lipinski definition) is 2. The van der Waals surface area contributed by atoms with E-state index in [4.69, 9.17) is 16.2 Å². The van der Waals surface area contributed by atoms with Gasteiger partial charge in [0.15, 0.2) is 11.6 Å². The lowest BCUT2D eigenvalue weighted by molar-refractivity contribution is -0.127. The van der Waals surface area contributed by atoms with Crippen LogP contribution in [0.3, 0.4) is 0 Å². The van der Waals surface area contributed by atoms with E-state index in [2.05, 4.69) is 4.99 Å². The van der Waals surface area contributed by atoms with Crippen LogP contribution >= 0.6 is 0 Å². The fourth-order valence-electron chi connectivity index (χ4n) is 3.32. The summed E-state index contributed by atoms with van der Waals surface area (Å²) in [5, 5.41) is 0. The third-order valence-corrected chi connectivity index (χ3v) is 5.15. The van der Waals surface area contributed by atoms with E-state index in [9.17, 15) is 14.0 Å². The van der Waals surface area contributed by atoms with Crippen LogP contribution in [0.25, 0.3) is 0 Å². The van der Waals surface area contributed by atoms with E-state index >= 15 is 0 Å². The molecule has 1 fully saturated rings. The van der Waals surface area contributed by atoms with Crippen molar-refractivity contribution in [2.45, 2.75) is 52.1 Å². The molecule has 2 amide bonds. The average Bonchev–Trinajstić information content (AvgIpc) is 2.64. The van der Waals surface area contributed by atoms with E-state index in [-0.39, 0.29) is 5.96 Å². The number of carbonyl (C=O) groups excluding carboxylic acids is 2. The number of alkyl halides is 1. The van der Waals surface area contributed by atoms with Gasteiger partial charge in [-0.15, -0.1) is 0 Å². The number of carbonyl (C=O) groups is 2. The van der Waals surface area contributed by atoms with Crippen molar-refractivity contribution in [2.24, 2.45) is 22.4 Å². The molecule has 29 heavy (non-hydrogen) atoms. The largest absolute Gasteiger partial charge is 0.494 e. The molecule has 0 radical (unpaired) electrons. The molecule has 0 spiro atoms. The van der Waals surface area contributed by atoms with Crippen LogP contribution in [0.2, 0.25) is 0 Å². The van der Waals surface area contributed by atoms with Gasteiger partial charge >= 0.3 is 0 Å². The van der Waals surface area contributed by atoms with Gasteiger partial charge < -0.3 is 21.1 Å². The zero-order valence-electron chi connectivity index (χ0n) is 17.4. The number of amides is 2. The van der Waals surface area contributed by atoms with Gasteiger partial charge in [-0.2, -0.15) is 4.99 Å². The van der Waals surface area contributed by atoms with Gasteiger partial charge in [-0.25, -0.2) is 4.39 Å². The minimum Gasteiger partial charge on any atom is -0.494 e. The molecule has 0 unspecified atom stereocenters. The Balaban J connectivity index is 1.71. The number of aryl methyl sites for hydroxylation is 1. The Morgan fingerprint density at radius 2 is 1.93 bits per heavy atom. The van der Waals surface area contributed by atoms with Crippen molar-refractivity contribution < 1.29 is 18.7 Å². The highest BCUT2D eigenvalue weighted by atomic mass is 19.1. The minimum atomic E-state index is -2.01. The third kappa shape index (κ3) is 6.73. The number of aliphatic imine (C=N–C) groups is 1. The summed E-state index contributed by atoms with van der Waals surface area (Å²) in [4.78, 5) is 28.4. The Morgan fingerprint density at radius 3 is 2.48 bits per heavy atom. The van der Waals surface area contributed by atoms with Gasteiger partial charge in [0.1, 0.15) is 5.75 Å². The molecule has 1 aromatic carbocycles. The lowest BCUT2D eigenvalue weighted by Gasteiger charge is -2.32. The molecule has 7 nitrogen and oxygen atoms in total. The fourth-order valence-corrected chi connectivity index (χ4v) is 3.32. The van der Waals surface area contributed by atoms with Gasteiger partial charge in [-0.1, -0.05) is 0 Å². The Morgan fingerprint density at radius 1 is 1.28 bits per heavy atom. The molecule has 1 aromatic rings. The maximum Gasteiger partial charge on any atom is 0.285 e. The van der Waals surface area contributed by atoms with E-state index in [1.807, 2.05) is 17.9 Å². The van der Waals surface area contributed by atoms with E-state index in [0.29, 0.717) is 31.2 Å². The number of primary amides is 1. The molecule has 1 aliphatic heterocycles. The van der Waals surface area contributed by atoms with Gasteiger partial charge in [-0.3, -0.25) is 9.59 Å². The number of piperidine rings is 1. The Bertz CT molecular complexity index is 766. The number of nitrogens with two attached hydrogens (primary N) is 2. The van der Waals surface area contributed by atoms with Crippen LogP contribution in [0.15, 0.2) is 23.2 Å². The van der Waals surface area contributed by atoms with Crippen LogP contribution in [0, 0.1) is 12.8 Å². The van der Waals surface area contributed by atoms with E-state index < -0.39 is 17.5 Å². The number of hydrogen-bond acceptors (Lipinski definition) is 3. The molecule has 0 saturated carbocycles. The quantitative estimate of drug-likeness (QED) is 0.411. The third-order valence-electron chi connectivity index (χ3n) is 5.15. The predicted octanol–water partition coefficient (Wildman–Crippen LogP) is 2.55. The van der Waals surface area contributed by atoms with E-state index in [1.165, 1.54) is 13.8 Å². The van der Waals surface area contributed by atoms with Crippen LogP contribution in [-0.2, 0) is 4.79 Å². The van der Waals surface area contributed by atoms with Gasteiger partial charge in [0.05, 0.1) is 6.61 Å². The number of guanidine groups is 1. The lowest BCUT2D eigenvalue weighted by Crippen LogP contribution is -2.44. The first kappa shape index (κ1) is 22.6. The van der Waals surface area contributed by atoms with Crippen molar-refractivity contribution in [1.82, 2.24) is 4.90 Å². The van der Waals surface area contributed by atoms with E-state index in [1.54, 1.807) is 12.1 Å². The Labute approximate surface area is 171 Å². The normalized spacial score (nSPS) is 16.0. The molecule has 0 aliphatic carbocycles. The molecule has 1 saturated heterocycles. The van der Waals surface area contributed by atoms with Crippen molar-refractivity contribution in [2.75, 3.05) is 19.7 Å². The standard InChI is InChI=1S/C21H31FN4O3/c1-14-13-16(6-7-17(14)18(23)27)29-12-4-5-15-8-10-26(11-9-15)20(24)25-19(28)21(2,3)22/h6-7,13,15H,4-5,8-12H2,1-3H3,(H2,23,27)(H2,24,25,28). The molecule has 1 heterocycles. The highest BCUT2D eigenvalue weighted by Crippen LogP contribution is 2.23. The lowest BCUT2D eigenvalue weighted by atomic mass is 9.92. The summed E-state index contributed by atoms with van der Waals surface area (Å²) in [7, 11) is 0. The van der Waals surface area contributed by atoms with Crippen molar-refractivity contribution in [1.29, 1.82) is 0 Å². The van der Waals surface area contributed by atoms with Crippen molar-refractivity contribution in [3.05, 3.63) is 29.3 Å². The zero-order chi connectivity index (χ0) is 21.6. The second kappa shape index (κ2) is 9.71. The summed E-state index contributed by atoms with van der Waals surface area (Å²) in [5.74, 6) is 0.0798. The van der Waals surface area contributed by atoms with Crippen LogP contribution in [0.1, 0.15) is 55.5 Å². The zero-order valence-corrected chi connectivity index (χ0v) is 17.4.